The van der Waals surface area contributed by atoms with E-state index in [4.69, 9.17) is 4.74 Å². The molecule has 0 aliphatic rings. The number of aromatic nitrogens is 1. The van der Waals surface area contributed by atoms with E-state index in [0.717, 1.165) is 16.5 Å². The van der Waals surface area contributed by atoms with Gasteiger partial charge in [0, 0.05) is 30.6 Å². The molecular weight excluding hydrogens is 304 g/mol. The van der Waals surface area contributed by atoms with Gasteiger partial charge in [0.2, 0.25) is 5.56 Å². The number of likely N-dealkylation sites (N-methyl/N-ethyl adjacent to an activating group) is 1. The second kappa shape index (κ2) is 7.00. The Morgan fingerprint density at radius 3 is 2.58 bits per heavy atom. The van der Waals surface area contributed by atoms with E-state index >= 15 is 0 Å². The first-order valence-corrected chi connectivity index (χ1v) is 7.66. The van der Waals surface area contributed by atoms with Crippen molar-refractivity contribution in [3.63, 3.8) is 0 Å². The van der Waals surface area contributed by atoms with Gasteiger partial charge in [0.1, 0.15) is 5.75 Å². The number of nitrogens with zero attached hydrogens (tertiary/aromatic N) is 1. The molecule has 24 heavy (non-hydrogen) atoms. The molecule has 5 heteroatoms. The van der Waals surface area contributed by atoms with Crippen molar-refractivity contribution in [2.45, 2.75) is 6.54 Å². The second-order valence-corrected chi connectivity index (χ2v) is 5.56. The summed E-state index contributed by atoms with van der Waals surface area (Å²) in [6, 6.07) is 18.3. The van der Waals surface area contributed by atoms with E-state index in [2.05, 4.69) is 4.98 Å². The summed E-state index contributed by atoms with van der Waals surface area (Å²) in [4.78, 5) is 28.4. The number of aromatic amines is 1. The van der Waals surface area contributed by atoms with Gasteiger partial charge in [-0.05, 0) is 23.8 Å². The van der Waals surface area contributed by atoms with Crippen LogP contribution in [0.1, 0.15) is 5.56 Å². The zero-order valence-corrected chi connectivity index (χ0v) is 13.4. The van der Waals surface area contributed by atoms with Gasteiger partial charge in [-0.3, -0.25) is 9.59 Å². The number of hydrogen-bond donors (Lipinski definition) is 1. The molecule has 5 nitrogen and oxygen atoms in total. The molecule has 1 N–H and O–H groups in total. The fourth-order valence-corrected chi connectivity index (χ4v) is 2.52. The van der Waals surface area contributed by atoms with Gasteiger partial charge in [-0.2, -0.15) is 0 Å². The summed E-state index contributed by atoms with van der Waals surface area (Å²) in [6.07, 6.45) is 0. The molecular formula is C19H18N2O3. The van der Waals surface area contributed by atoms with Crippen LogP contribution in [0.25, 0.3) is 10.9 Å². The molecule has 1 heterocycles. The van der Waals surface area contributed by atoms with Crippen molar-refractivity contribution in [1.29, 1.82) is 0 Å². The lowest BCUT2D eigenvalue weighted by Crippen LogP contribution is -2.31. The minimum absolute atomic E-state index is 0.0400. The number of ether oxygens (including phenoxy) is 1. The number of carbonyl (C=O) groups excluding carboxylic acids is 1. The van der Waals surface area contributed by atoms with E-state index in [1.54, 1.807) is 24.1 Å². The number of amides is 1. The third-order valence-electron chi connectivity index (χ3n) is 3.77. The van der Waals surface area contributed by atoms with Crippen LogP contribution in [0.15, 0.2) is 65.5 Å². The highest BCUT2D eigenvalue weighted by molar-refractivity contribution is 5.83. The van der Waals surface area contributed by atoms with Crippen molar-refractivity contribution in [2.24, 2.45) is 0 Å². The Balaban J connectivity index is 1.71. The Kier molecular flexibility index (Phi) is 4.61. The van der Waals surface area contributed by atoms with Gasteiger partial charge < -0.3 is 14.6 Å². The lowest BCUT2D eigenvalue weighted by atomic mass is 10.1. The molecule has 0 saturated heterocycles. The minimum Gasteiger partial charge on any atom is -0.484 e. The van der Waals surface area contributed by atoms with Gasteiger partial charge >= 0.3 is 0 Å². The van der Waals surface area contributed by atoms with Gasteiger partial charge in [0.25, 0.3) is 5.91 Å². The first-order chi connectivity index (χ1) is 11.6. The van der Waals surface area contributed by atoms with Crippen LogP contribution >= 0.6 is 0 Å². The maximum absolute atomic E-state index is 12.3. The first-order valence-electron chi connectivity index (χ1n) is 7.66. The molecule has 3 rings (SSSR count). The zero-order valence-electron chi connectivity index (χ0n) is 13.4. The van der Waals surface area contributed by atoms with Crippen LogP contribution in [-0.2, 0) is 11.3 Å². The molecule has 3 aromatic rings. The first kappa shape index (κ1) is 15.8. The third-order valence-corrected chi connectivity index (χ3v) is 3.77. The fraction of sp³-hybridized carbons (Fsp3) is 0.158. The number of para-hydroxylation sites is 2. The fourth-order valence-electron chi connectivity index (χ4n) is 2.52. The number of pyridine rings is 1. The van der Waals surface area contributed by atoms with E-state index in [0.29, 0.717) is 12.3 Å². The molecule has 0 aliphatic carbocycles. The Morgan fingerprint density at radius 2 is 1.79 bits per heavy atom. The molecule has 0 radical (unpaired) electrons. The van der Waals surface area contributed by atoms with E-state index in [1.807, 2.05) is 42.5 Å². The summed E-state index contributed by atoms with van der Waals surface area (Å²) >= 11 is 0. The SMILES string of the molecule is CN(Cc1cc(=O)[nH]c2ccccc12)C(=O)COc1ccccc1. The Bertz CT molecular complexity index is 903. The van der Waals surface area contributed by atoms with Crippen LogP contribution in [0, 0.1) is 0 Å². The summed E-state index contributed by atoms with van der Waals surface area (Å²) in [5.41, 5.74) is 1.40. The van der Waals surface area contributed by atoms with Crippen molar-refractivity contribution in [3.8, 4) is 5.75 Å². The van der Waals surface area contributed by atoms with Gasteiger partial charge in [-0.15, -0.1) is 0 Å². The number of carbonyl (C=O) groups is 1. The molecule has 0 bridgehead atoms. The van der Waals surface area contributed by atoms with Crippen molar-refractivity contribution in [2.75, 3.05) is 13.7 Å². The Labute approximate surface area is 139 Å². The summed E-state index contributed by atoms with van der Waals surface area (Å²) in [5, 5.41) is 0.931. The maximum Gasteiger partial charge on any atom is 0.260 e. The average molecular weight is 322 g/mol. The molecule has 0 saturated carbocycles. The predicted molar refractivity (Wildman–Crippen MR) is 93.0 cm³/mol. The molecule has 0 fully saturated rings. The standard InChI is InChI=1S/C19H18N2O3/c1-21(19(23)13-24-15-7-3-2-4-8-15)12-14-11-18(22)20-17-10-6-5-9-16(14)17/h2-11H,12-13H2,1H3,(H,20,22). The Morgan fingerprint density at radius 1 is 1.08 bits per heavy atom. The van der Waals surface area contributed by atoms with Crippen molar-refractivity contribution >= 4 is 16.8 Å². The molecule has 1 amide bonds. The van der Waals surface area contributed by atoms with Crippen LogP contribution in [0.4, 0.5) is 0 Å². The number of benzene rings is 2. The smallest absolute Gasteiger partial charge is 0.260 e. The minimum atomic E-state index is -0.176. The van der Waals surface area contributed by atoms with Crippen molar-refractivity contribution in [3.05, 3.63) is 76.6 Å². The largest absolute Gasteiger partial charge is 0.484 e. The van der Waals surface area contributed by atoms with Gasteiger partial charge in [0.15, 0.2) is 6.61 Å². The van der Waals surface area contributed by atoms with Crippen LogP contribution in [0.5, 0.6) is 5.75 Å². The topological polar surface area (TPSA) is 62.4 Å². The highest BCUT2D eigenvalue weighted by atomic mass is 16.5. The highest BCUT2D eigenvalue weighted by Crippen LogP contribution is 2.16. The van der Waals surface area contributed by atoms with E-state index < -0.39 is 0 Å². The quantitative estimate of drug-likeness (QED) is 0.785. The molecule has 0 aliphatic heterocycles. The van der Waals surface area contributed by atoms with E-state index in [9.17, 15) is 9.59 Å². The number of fused-ring (bicyclic) bond motifs is 1. The van der Waals surface area contributed by atoms with Crippen LogP contribution < -0.4 is 10.3 Å². The lowest BCUT2D eigenvalue weighted by molar-refractivity contribution is -0.132. The number of hydrogen-bond acceptors (Lipinski definition) is 3. The number of rotatable bonds is 5. The molecule has 0 unspecified atom stereocenters. The third kappa shape index (κ3) is 3.63. The number of nitrogens with one attached hydrogen (secondary N) is 1. The lowest BCUT2D eigenvalue weighted by Gasteiger charge is -2.18. The van der Waals surface area contributed by atoms with Gasteiger partial charge in [-0.25, -0.2) is 0 Å². The monoisotopic (exact) mass is 322 g/mol. The highest BCUT2D eigenvalue weighted by Gasteiger charge is 2.12. The summed E-state index contributed by atoms with van der Waals surface area (Å²) in [6.45, 7) is 0.309. The van der Waals surface area contributed by atoms with Gasteiger partial charge in [0.05, 0.1) is 0 Å². The van der Waals surface area contributed by atoms with Crippen molar-refractivity contribution in [1.82, 2.24) is 9.88 Å². The molecule has 1 aromatic heterocycles. The van der Waals surface area contributed by atoms with Crippen molar-refractivity contribution < 1.29 is 9.53 Å². The summed E-state index contributed by atoms with van der Waals surface area (Å²) in [7, 11) is 1.70. The molecule has 122 valence electrons. The van der Waals surface area contributed by atoms with E-state index in [1.165, 1.54) is 6.07 Å². The Hall–Kier alpha value is -3.08. The summed E-state index contributed by atoms with van der Waals surface area (Å²) in [5.74, 6) is 0.504. The van der Waals surface area contributed by atoms with Gasteiger partial charge in [-0.1, -0.05) is 36.4 Å². The molecule has 0 spiro atoms. The van der Waals surface area contributed by atoms with E-state index in [-0.39, 0.29) is 18.1 Å². The number of H-pyrrole nitrogens is 1. The summed E-state index contributed by atoms with van der Waals surface area (Å²) < 4.78 is 5.48. The van der Waals surface area contributed by atoms with Crippen LogP contribution in [0.3, 0.4) is 0 Å². The zero-order chi connectivity index (χ0) is 16.9. The second-order valence-electron chi connectivity index (χ2n) is 5.56. The van der Waals surface area contributed by atoms with Crippen LogP contribution in [-0.4, -0.2) is 29.4 Å². The predicted octanol–water partition coefficient (Wildman–Crippen LogP) is 2.57. The molecule has 2 aromatic carbocycles. The van der Waals surface area contributed by atoms with Crippen LogP contribution in [0.2, 0.25) is 0 Å². The maximum atomic E-state index is 12.3. The average Bonchev–Trinajstić information content (AvgIpc) is 2.60. The molecule has 0 atom stereocenters. The normalized spacial score (nSPS) is 10.5.